The molecule has 0 bridgehead atoms. The van der Waals surface area contributed by atoms with Gasteiger partial charge in [-0.15, -0.1) is 0 Å². The van der Waals surface area contributed by atoms with Crippen LogP contribution in [0.2, 0.25) is 10.0 Å². The Kier molecular flexibility index (Phi) is 11.4. The number of hydrogen-bond donors (Lipinski definition) is 1. The molecule has 0 aliphatic carbocycles. The predicted octanol–water partition coefficient (Wildman–Crippen LogP) is 5.36. The number of carbonyl (C=O) groups excluding carboxylic acids is 2. The van der Waals surface area contributed by atoms with Crippen LogP contribution in [0.15, 0.2) is 65.6 Å². The lowest BCUT2D eigenvalue weighted by molar-refractivity contribution is -0.385. The quantitative estimate of drug-likeness (QED) is 0.194. The Labute approximate surface area is 260 Å². The van der Waals surface area contributed by atoms with Crippen LogP contribution in [0, 0.1) is 17.0 Å². The van der Waals surface area contributed by atoms with E-state index in [1.807, 2.05) is 6.92 Å². The average Bonchev–Trinajstić information content (AvgIpc) is 2.98. The van der Waals surface area contributed by atoms with E-state index in [0.29, 0.717) is 29.3 Å². The second-order valence-corrected chi connectivity index (χ2v) is 12.3. The molecule has 230 valence electrons. The lowest BCUT2D eigenvalue weighted by Crippen LogP contribution is -2.51. The number of methoxy groups -OCH3 is 1. The molecule has 3 aromatic rings. The minimum absolute atomic E-state index is 0.0804. The van der Waals surface area contributed by atoms with Gasteiger partial charge in [0.2, 0.25) is 11.8 Å². The molecule has 0 heterocycles. The standard InChI is InChI=1S/C29H32Cl2N4O7S/c1-5-14-32-29(37)20(3)33(17-21-7-13-25(30)26(31)15-21)28(36)18-34(22-8-10-23(42-4)11-9-22)43(40,41)24-12-6-19(2)27(16-24)35(38)39/h6-13,15-16,20H,5,14,17-18H2,1-4H3,(H,32,37)/t20-/m1/s1. The number of nitro groups is 1. The van der Waals surface area contributed by atoms with E-state index in [1.54, 1.807) is 18.2 Å². The normalized spacial score (nSPS) is 11.9. The van der Waals surface area contributed by atoms with Crippen molar-refractivity contribution in [1.29, 1.82) is 0 Å². The third-order valence-electron chi connectivity index (χ3n) is 6.66. The fraction of sp³-hybridized carbons (Fsp3) is 0.310. The molecule has 0 saturated carbocycles. The third-order valence-corrected chi connectivity index (χ3v) is 9.17. The van der Waals surface area contributed by atoms with Crippen LogP contribution in [0.5, 0.6) is 5.75 Å². The third kappa shape index (κ3) is 8.15. The molecule has 0 saturated heterocycles. The molecule has 11 nitrogen and oxygen atoms in total. The van der Waals surface area contributed by atoms with Gasteiger partial charge in [0.25, 0.3) is 15.7 Å². The Morgan fingerprint density at radius 3 is 2.30 bits per heavy atom. The fourth-order valence-corrected chi connectivity index (χ4v) is 5.92. The number of nitrogens with one attached hydrogen (secondary N) is 1. The predicted molar refractivity (Wildman–Crippen MR) is 165 cm³/mol. The second kappa shape index (κ2) is 14.5. The molecule has 0 spiro atoms. The highest BCUT2D eigenvalue weighted by molar-refractivity contribution is 7.92. The summed E-state index contributed by atoms with van der Waals surface area (Å²) >= 11 is 12.2. The number of anilines is 1. The molecule has 0 unspecified atom stereocenters. The molecule has 0 fully saturated rings. The van der Waals surface area contributed by atoms with Gasteiger partial charge in [-0.05, 0) is 68.3 Å². The largest absolute Gasteiger partial charge is 0.497 e. The number of nitro benzene ring substituents is 1. The van der Waals surface area contributed by atoms with E-state index in [4.69, 9.17) is 27.9 Å². The minimum Gasteiger partial charge on any atom is -0.497 e. The molecule has 2 amide bonds. The Bertz CT molecular complexity index is 1600. The van der Waals surface area contributed by atoms with Crippen molar-refractivity contribution in [3.05, 3.63) is 92.0 Å². The van der Waals surface area contributed by atoms with E-state index in [9.17, 15) is 28.1 Å². The summed E-state index contributed by atoms with van der Waals surface area (Å²) < 4.78 is 34.0. The number of carbonyl (C=O) groups is 2. The lowest BCUT2D eigenvalue weighted by atomic mass is 10.1. The van der Waals surface area contributed by atoms with Crippen molar-refractivity contribution in [1.82, 2.24) is 10.2 Å². The number of halogens is 2. The van der Waals surface area contributed by atoms with Gasteiger partial charge in [-0.25, -0.2) is 8.42 Å². The van der Waals surface area contributed by atoms with Crippen LogP contribution in [0.1, 0.15) is 31.4 Å². The zero-order valence-electron chi connectivity index (χ0n) is 24.0. The van der Waals surface area contributed by atoms with Crippen molar-refractivity contribution >= 4 is 56.4 Å². The zero-order chi connectivity index (χ0) is 31.9. The van der Waals surface area contributed by atoms with Gasteiger partial charge in [-0.3, -0.25) is 24.0 Å². The summed E-state index contributed by atoms with van der Waals surface area (Å²) in [7, 11) is -3.07. The van der Waals surface area contributed by atoms with Crippen LogP contribution in [0.3, 0.4) is 0 Å². The van der Waals surface area contributed by atoms with E-state index in [1.165, 1.54) is 62.3 Å². The molecule has 0 aliphatic rings. The number of ether oxygens (including phenoxy) is 1. The SMILES string of the molecule is CCCNC(=O)[C@@H](C)N(Cc1ccc(Cl)c(Cl)c1)C(=O)CN(c1ccc(OC)cc1)S(=O)(=O)c1ccc(C)c([N+](=O)[O-])c1. The Hall–Kier alpha value is -3.87. The first-order chi connectivity index (χ1) is 20.3. The van der Waals surface area contributed by atoms with Gasteiger partial charge < -0.3 is 15.0 Å². The molecule has 3 rings (SSSR count). The summed E-state index contributed by atoms with van der Waals surface area (Å²) in [4.78, 5) is 38.7. The second-order valence-electron chi connectivity index (χ2n) is 9.65. The number of hydrogen-bond acceptors (Lipinski definition) is 7. The number of nitrogens with zero attached hydrogens (tertiary/aromatic N) is 3. The smallest absolute Gasteiger partial charge is 0.273 e. The number of rotatable bonds is 13. The van der Waals surface area contributed by atoms with Gasteiger partial charge in [0.05, 0.1) is 32.7 Å². The molecule has 0 radical (unpaired) electrons. The molecule has 0 aliphatic heterocycles. The minimum atomic E-state index is -4.52. The van der Waals surface area contributed by atoms with Crippen LogP contribution in [0.4, 0.5) is 11.4 Å². The van der Waals surface area contributed by atoms with E-state index in [-0.39, 0.29) is 33.4 Å². The Morgan fingerprint density at radius 1 is 1.05 bits per heavy atom. The summed E-state index contributed by atoms with van der Waals surface area (Å²) in [5.41, 5.74) is 0.557. The van der Waals surface area contributed by atoms with Crippen molar-refractivity contribution < 1.29 is 27.7 Å². The van der Waals surface area contributed by atoms with Gasteiger partial charge in [-0.1, -0.05) is 42.3 Å². The molecule has 43 heavy (non-hydrogen) atoms. The number of aryl methyl sites for hydroxylation is 1. The van der Waals surface area contributed by atoms with Crippen LogP contribution in [0.25, 0.3) is 0 Å². The first-order valence-electron chi connectivity index (χ1n) is 13.2. The molecular weight excluding hydrogens is 619 g/mol. The lowest BCUT2D eigenvalue weighted by Gasteiger charge is -2.32. The van der Waals surface area contributed by atoms with Crippen LogP contribution in [-0.2, 0) is 26.2 Å². The maximum absolute atomic E-state index is 14.0. The molecule has 14 heteroatoms. The van der Waals surface area contributed by atoms with Gasteiger partial charge in [0.15, 0.2) is 0 Å². The van der Waals surface area contributed by atoms with Crippen LogP contribution >= 0.6 is 23.2 Å². The van der Waals surface area contributed by atoms with Gasteiger partial charge >= 0.3 is 0 Å². The van der Waals surface area contributed by atoms with Crippen molar-refractivity contribution in [2.75, 3.05) is 24.5 Å². The topological polar surface area (TPSA) is 139 Å². The summed E-state index contributed by atoms with van der Waals surface area (Å²) in [5, 5.41) is 14.9. The fourth-order valence-electron chi connectivity index (χ4n) is 4.16. The van der Waals surface area contributed by atoms with E-state index < -0.39 is 39.3 Å². The summed E-state index contributed by atoms with van der Waals surface area (Å²) in [6.07, 6.45) is 0.672. The van der Waals surface area contributed by atoms with Gasteiger partial charge in [-0.2, -0.15) is 0 Å². The van der Waals surface area contributed by atoms with Gasteiger partial charge in [0.1, 0.15) is 18.3 Å². The van der Waals surface area contributed by atoms with Crippen molar-refractivity contribution in [2.24, 2.45) is 0 Å². The van der Waals surface area contributed by atoms with Crippen molar-refractivity contribution in [3.8, 4) is 5.75 Å². The summed E-state index contributed by atoms with van der Waals surface area (Å²) in [6, 6.07) is 13.3. The monoisotopic (exact) mass is 650 g/mol. The highest BCUT2D eigenvalue weighted by atomic mass is 35.5. The van der Waals surface area contributed by atoms with E-state index >= 15 is 0 Å². The first-order valence-corrected chi connectivity index (χ1v) is 15.4. The summed E-state index contributed by atoms with van der Waals surface area (Å²) in [5.74, 6) is -0.685. The number of amides is 2. The molecule has 1 N–H and O–H groups in total. The Morgan fingerprint density at radius 2 is 1.72 bits per heavy atom. The molecule has 3 aromatic carbocycles. The zero-order valence-corrected chi connectivity index (χ0v) is 26.4. The van der Waals surface area contributed by atoms with Crippen LogP contribution in [-0.4, -0.2) is 56.3 Å². The van der Waals surface area contributed by atoms with Crippen LogP contribution < -0.4 is 14.4 Å². The average molecular weight is 652 g/mol. The highest BCUT2D eigenvalue weighted by Crippen LogP contribution is 2.30. The maximum atomic E-state index is 14.0. The first kappa shape index (κ1) is 33.6. The number of benzene rings is 3. The van der Waals surface area contributed by atoms with E-state index in [0.717, 1.165) is 10.4 Å². The van der Waals surface area contributed by atoms with Crippen molar-refractivity contribution in [3.63, 3.8) is 0 Å². The van der Waals surface area contributed by atoms with E-state index in [2.05, 4.69) is 5.32 Å². The molecule has 1 atom stereocenters. The molecule has 0 aromatic heterocycles. The van der Waals surface area contributed by atoms with Crippen molar-refractivity contribution in [2.45, 2.75) is 44.7 Å². The molecular formula is C29H32Cl2N4O7S. The maximum Gasteiger partial charge on any atom is 0.273 e. The highest BCUT2D eigenvalue weighted by Gasteiger charge is 2.33. The number of sulfonamides is 1. The summed E-state index contributed by atoms with van der Waals surface area (Å²) in [6.45, 7) is 4.50. The Balaban J connectivity index is 2.09. The van der Waals surface area contributed by atoms with Gasteiger partial charge in [0, 0.05) is 24.7 Å².